The maximum absolute atomic E-state index is 11.5. The number of carbonyl (C=O) groups excluding carboxylic acids is 1. The summed E-state index contributed by atoms with van der Waals surface area (Å²) in [6.07, 6.45) is 0. The van der Waals surface area contributed by atoms with Crippen LogP contribution >= 0.6 is 11.3 Å². The van der Waals surface area contributed by atoms with Gasteiger partial charge in [0.15, 0.2) is 0 Å². The number of hydrogen-bond donors (Lipinski definition) is 1. The van der Waals surface area contributed by atoms with Crippen LogP contribution in [0.2, 0.25) is 0 Å². The van der Waals surface area contributed by atoms with Gasteiger partial charge in [-0.15, -0.1) is 11.3 Å². The van der Waals surface area contributed by atoms with Crippen LogP contribution in [-0.4, -0.2) is 25.1 Å². The molecule has 0 bridgehead atoms. The van der Waals surface area contributed by atoms with E-state index in [2.05, 4.69) is 0 Å². The van der Waals surface area contributed by atoms with Crippen molar-refractivity contribution in [2.24, 2.45) is 0 Å². The van der Waals surface area contributed by atoms with Crippen LogP contribution in [0.5, 0.6) is 0 Å². The fourth-order valence-electron chi connectivity index (χ4n) is 0.840. The predicted molar refractivity (Wildman–Crippen MR) is 52.6 cm³/mol. The minimum atomic E-state index is -0.174. The number of nitrogen functional groups attached to an aromatic ring is 1. The number of carbonyl (C=O) groups is 1. The Hall–Kier alpha value is -1.07. The van der Waals surface area contributed by atoms with E-state index in [9.17, 15) is 4.79 Å². The summed E-state index contributed by atoms with van der Waals surface area (Å²) in [4.78, 5) is 17.8. The number of anilines is 1. The molecule has 1 rings (SSSR count). The average molecular weight is 200 g/mol. The minimum absolute atomic E-state index is 0.174. The van der Waals surface area contributed by atoms with Crippen LogP contribution in [0.25, 0.3) is 0 Å². The molecule has 1 aromatic rings. The second-order valence-electron chi connectivity index (χ2n) is 2.61. The number of hydroxylamine groups is 2. The van der Waals surface area contributed by atoms with Gasteiger partial charge in [-0.3, -0.25) is 9.63 Å². The van der Waals surface area contributed by atoms with Crippen molar-refractivity contribution in [2.75, 3.05) is 19.9 Å². The molecule has 0 radical (unpaired) electrons. The molecule has 0 atom stereocenters. The van der Waals surface area contributed by atoms with Crippen molar-refractivity contribution >= 4 is 22.9 Å². The Morgan fingerprint density at radius 2 is 2.31 bits per heavy atom. The number of hydrogen-bond acceptors (Lipinski definition) is 4. The standard InChI is InChI=1S/C8H12N2O2S/c1-5-6(9)4-7(13-5)8(11)10(2)12-3/h4H,9H2,1-3H3. The van der Waals surface area contributed by atoms with Crippen molar-refractivity contribution < 1.29 is 9.63 Å². The SMILES string of the molecule is CON(C)C(=O)c1cc(N)c(C)s1. The third-order valence-electron chi connectivity index (χ3n) is 1.73. The first-order chi connectivity index (χ1) is 6.06. The largest absolute Gasteiger partial charge is 0.398 e. The lowest BCUT2D eigenvalue weighted by Gasteiger charge is -2.11. The van der Waals surface area contributed by atoms with E-state index in [0.29, 0.717) is 10.6 Å². The van der Waals surface area contributed by atoms with Crippen molar-refractivity contribution in [3.8, 4) is 0 Å². The van der Waals surface area contributed by atoms with Gasteiger partial charge in [0.1, 0.15) is 0 Å². The molecule has 1 aromatic heterocycles. The monoisotopic (exact) mass is 200 g/mol. The van der Waals surface area contributed by atoms with Gasteiger partial charge in [0, 0.05) is 17.6 Å². The molecule has 4 nitrogen and oxygen atoms in total. The van der Waals surface area contributed by atoms with Gasteiger partial charge in [0.05, 0.1) is 12.0 Å². The molecular weight excluding hydrogens is 188 g/mol. The van der Waals surface area contributed by atoms with Gasteiger partial charge in [-0.25, -0.2) is 5.06 Å². The van der Waals surface area contributed by atoms with Crippen LogP contribution in [0.1, 0.15) is 14.5 Å². The van der Waals surface area contributed by atoms with E-state index in [0.717, 1.165) is 4.88 Å². The molecule has 2 N–H and O–H groups in total. The minimum Gasteiger partial charge on any atom is -0.398 e. The highest BCUT2D eigenvalue weighted by atomic mass is 32.1. The van der Waals surface area contributed by atoms with Crippen LogP contribution in [0.3, 0.4) is 0 Å². The molecule has 0 aliphatic rings. The smallest absolute Gasteiger partial charge is 0.287 e. The van der Waals surface area contributed by atoms with E-state index in [1.54, 1.807) is 13.1 Å². The Morgan fingerprint density at radius 1 is 1.69 bits per heavy atom. The third kappa shape index (κ3) is 1.99. The van der Waals surface area contributed by atoms with Crippen LogP contribution in [0, 0.1) is 6.92 Å². The summed E-state index contributed by atoms with van der Waals surface area (Å²) in [5, 5.41) is 1.17. The number of amides is 1. The molecule has 13 heavy (non-hydrogen) atoms. The van der Waals surface area contributed by atoms with Gasteiger partial charge in [0.25, 0.3) is 5.91 Å². The zero-order valence-corrected chi connectivity index (χ0v) is 8.64. The molecule has 1 amide bonds. The lowest BCUT2D eigenvalue weighted by molar-refractivity contribution is -0.0753. The normalized spacial score (nSPS) is 10.1. The Bertz CT molecular complexity index is 302. The highest BCUT2D eigenvalue weighted by Crippen LogP contribution is 2.24. The van der Waals surface area contributed by atoms with Gasteiger partial charge >= 0.3 is 0 Å². The van der Waals surface area contributed by atoms with Crippen LogP contribution in [0.15, 0.2) is 6.07 Å². The molecule has 0 unspecified atom stereocenters. The highest BCUT2D eigenvalue weighted by molar-refractivity contribution is 7.14. The summed E-state index contributed by atoms with van der Waals surface area (Å²) in [6, 6.07) is 1.66. The Labute approximate surface area is 80.9 Å². The van der Waals surface area contributed by atoms with Crippen LogP contribution in [-0.2, 0) is 4.84 Å². The van der Waals surface area contributed by atoms with Gasteiger partial charge in [-0.05, 0) is 13.0 Å². The zero-order valence-electron chi connectivity index (χ0n) is 7.83. The van der Waals surface area contributed by atoms with Crippen LogP contribution in [0.4, 0.5) is 5.69 Å². The second kappa shape index (κ2) is 3.76. The third-order valence-corrected chi connectivity index (χ3v) is 2.78. The molecule has 1 heterocycles. The molecule has 0 saturated carbocycles. The van der Waals surface area contributed by atoms with E-state index in [1.807, 2.05) is 6.92 Å². The Balaban J connectivity index is 2.89. The number of nitrogens with two attached hydrogens (primary N) is 1. The molecule has 0 aromatic carbocycles. The van der Waals surface area contributed by atoms with Gasteiger partial charge in [0.2, 0.25) is 0 Å². The second-order valence-corrected chi connectivity index (χ2v) is 3.86. The molecule has 5 heteroatoms. The van der Waals surface area contributed by atoms with E-state index in [4.69, 9.17) is 10.6 Å². The van der Waals surface area contributed by atoms with E-state index in [1.165, 1.54) is 23.5 Å². The number of rotatable bonds is 2. The molecular formula is C8H12N2O2S. The number of aryl methyl sites for hydroxylation is 1. The van der Waals surface area contributed by atoms with Crippen molar-refractivity contribution in [3.05, 3.63) is 15.8 Å². The molecule has 0 fully saturated rings. The van der Waals surface area contributed by atoms with Crippen LogP contribution < -0.4 is 5.73 Å². The maximum atomic E-state index is 11.5. The fourth-order valence-corrected chi connectivity index (χ4v) is 1.75. The van der Waals surface area contributed by atoms with Crippen molar-refractivity contribution in [3.63, 3.8) is 0 Å². The maximum Gasteiger partial charge on any atom is 0.287 e. The summed E-state index contributed by atoms with van der Waals surface area (Å²) in [5.74, 6) is -0.174. The molecule has 0 saturated heterocycles. The summed E-state index contributed by atoms with van der Waals surface area (Å²) < 4.78 is 0. The molecule has 0 spiro atoms. The lowest BCUT2D eigenvalue weighted by atomic mass is 10.3. The van der Waals surface area contributed by atoms with E-state index >= 15 is 0 Å². The topological polar surface area (TPSA) is 55.6 Å². The van der Waals surface area contributed by atoms with Gasteiger partial charge in [-0.1, -0.05) is 0 Å². The zero-order chi connectivity index (χ0) is 10.0. The molecule has 0 aliphatic heterocycles. The number of nitrogens with zero attached hydrogens (tertiary/aromatic N) is 1. The average Bonchev–Trinajstić information content (AvgIpc) is 2.44. The van der Waals surface area contributed by atoms with E-state index < -0.39 is 0 Å². The lowest BCUT2D eigenvalue weighted by Crippen LogP contribution is -2.24. The van der Waals surface area contributed by atoms with Gasteiger partial charge < -0.3 is 5.73 Å². The summed E-state index contributed by atoms with van der Waals surface area (Å²) in [5.41, 5.74) is 6.27. The van der Waals surface area contributed by atoms with Crippen molar-refractivity contribution in [2.45, 2.75) is 6.92 Å². The van der Waals surface area contributed by atoms with Crippen molar-refractivity contribution in [1.82, 2.24) is 5.06 Å². The molecule has 0 aliphatic carbocycles. The van der Waals surface area contributed by atoms with E-state index in [-0.39, 0.29) is 5.91 Å². The Morgan fingerprint density at radius 3 is 2.69 bits per heavy atom. The van der Waals surface area contributed by atoms with Gasteiger partial charge in [-0.2, -0.15) is 0 Å². The highest BCUT2D eigenvalue weighted by Gasteiger charge is 2.14. The van der Waals surface area contributed by atoms with Crippen molar-refractivity contribution in [1.29, 1.82) is 0 Å². The Kier molecular flexibility index (Phi) is 2.90. The summed E-state index contributed by atoms with van der Waals surface area (Å²) >= 11 is 1.37. The predicted octanol–water partition coefficient (Wildman–Crippen LogP) is 1.27. The quantitative estimate of drug-likeness (QED) is 0.731. The first-order valence-corrected chi connectivity index (χ1v) is 4.56. The first kappa shape index (κ1) is 10.0. The fraction of sp³-hybridized carbons (Fsp3) is 0.375. The first-order valence-electron chi connectivity index (χ1n) is 3.74. The molecule has 72 valence electrons. The summed E-state index contributed by atoms with van der Waals surface area (Å²) in [7, 11) is 3.01. The summed E-state index contributed by atoms with van der Waals surface area (Å²) in [6.45, 7) is 1.88. The number of thiophene rings is 1.